The zero-order valence-corrected chi connectivity index (χ0v) is 15.9. The number of carboxylic acids is 1. The van der Waals surface area contributed by atoms with Crippen LogP contribution in [0.1, 0.15) is 13.3 Å². The van der Waals surface area contributed by atoms with E-state index >= 15 is 0 Å². The molecule has 0 radical (unpaired) electrons. The molecular weight excluding hydrogens is 364 g/mol. The van der Waals surface area contributed by atoms with Crippen molar-refractivity contribution in [3.05, 3.63) is 48.5 Å². The van der Waals surface area contributed by atoms with Crippen LogP contribution in [0.5, 0.6) is 11.5 Å². The number of carbonyl (C=O) groups is 1. The zero-order chi connectivity index (χ0) is 19.1. The molecule has 6 nitrogen and oxygen atoms in total. The summed E-state index contributed by atoms with van der Waals surface area (Å²) in [5.41, 5.74) is 1.55. The van der Waals surface area contributed by atoms with Gasteiger partial charge in [-0.15, -0.1) is 0 Å². The van der Waals surface area contributed by atoms with Crippen LogP contribution in [-0.2, 0) is 11.3 Å². The van der Waals surface area contributed by atoms with Gasteiger partial charge in [0.05, 0.1) is 36.8 Å². The number of aliphatic carboxylic acids is 1. The molecule has 3 aromatic rings. The van der Waals surface area contributed by atoms with Crippen LogP contribution in [0.4, 0.5) is 0 Å². The number of fused-ring (bicyclic) bond motifs is 1. The Kier molecular flexibility index (Phi) is 6.59. The lowest BCUT2D eigenvalue weighted by Gasteiger charge is -2.10. The Hall–Kier alpha value is -2.67. The normalized spacial score (nSPS) is 10.9. The molecule has 0 atom stereocenters. The quantitative estimate of drug-likeness (QED) is 0.395. The summed E-state index contributed by atoms with van der Waals surface area (Å²) in [7, 11) is 0. The molecule has 0 saturated carbocycles. The molecule has 0 saturated heterocycles. The predicted molar refractivity (Wildman–Crippen MR) is 103 cm³/mol. The molecule has 0 aliphatic carbocycles. The van der Waals surface area contributed by atoms with Crippen molar-refractivity contribution in [2.24, 2.45) is 0 Å². The van der Waals surface area contributed by atoms with E-state index in [4.69, 9.17) is 9.47 Å². The van der Waals surface area contributed by atoms with Gasteiger partial charge in [0.1, 0.15) is 11.5 Å². The van der Waals surface area contributed by atoms with Crippen molar-refractivity contribution in [1.82, 2.24) is 9.55 Å². The summed E-state index contributed by atoms with van der Waals surface area (Å²) in [4.78, 5) is 15.6. The molecule has 1 aromatic heterocycles. The van der Waals surface area contributed by atoms with Crippen LogP contribution in [0.15, 0.2) is 53.7 Å². The summed E-state index contributed by atoms with van der Waals surface area (Å²) >= 11 is 1.46. The van der Waals surface area contributed by atoms with Crippen LogP contribution in [0.25, 0.3) is 11.0 Å². The van der Waals surface area contributed by atoms with E-state index in [1.807, 2.05) is 48.5 Å². The second-order valence-electron chi connectivity index (χ2n) is 5.86. The van der Waals surface area contributed by atoms with Crippen molar-refractivity contribution < 1.29 is 19.4 Å². The van der Waals surface area contributed by atoms with Gasteiger partial charge in [-0.05, 0) is 42.8 Å². The van der Waals surface area contributed by atoms with Gasteiger partial charge < -0.3 is 23.9 Å². The fraction of sp³-hybridized carbons (Fsp3) is 0.300. The van der Waals surface area contributed by atoms with Gasteiger partial charge in [0.25, 0.3) is 0 Å². The van der Waals surface area contributed by atoms with Crippen molar-refractivity contribution in [3.63, 3.8) is 0 Å². The van der Waals surface area contributed by atoms with Crippen LogP contribution in [-0.4, -0.2) is 34.5 Å². The minimum Gasteiger partial charge on any atom is -0.548 e. The van der Waals surface area contributed by atoms with Gasteiger partial charge >= 0.3 is 0 Å². The lowest BCUT2D eigenvalue weighted by atomic mass is 10.3. The van der Waals surface area contributed by atoms with E-state index in [2.05, 4.69) is 11.9 Å². The molecule has 142 valence electrons. The number of hydrogen-bond acceptors (Lipinski definition) is 6. The second kappa shape index (κ2) is 9.32. The third kappa shape index (κ3) is 5.17. The van der Waals surface area contributed by atoms with Gasteiger partial charge in [-0.1, -0.05) is 30.8 Å². The summed E-state index contributed by atoms with van der Waals surface area (Å²) < 4.78 is 12.9. The molecule has 27 heavy (non-hydrogen) atoms. The van der Waals surface area contributed by atoms with E-state index in [1.54, 1.807) is 4.57 Å². The van der Waals surface area contributed by atoms with Gasteiger partial charge in [0.2, 0.25) is 0 Å². The van der Waals surface area contributed by atoms with Crippen molar-refractivity contribution in [2.45, 2.75) is 25.0 Å². The van der Waals surface area contributed by atoms with Gasteiger partial charge in [0, 0.05) is 5.75 Å². The predicted octanol–water partition coefficient (Wildman–Crippen LogP) is 2.75. The fourth-order valence-electron chi connectivity index (χ4n) is 2.59. The molecule has 1 heterocycles. The number of aromatic nitrogens is 2. The monoisotopic (exact) mass is 385 g/mol. The number of imidazole rings is 1. The number of para-hydroxylation sites is 2. The fourth-order valence-corrected chi connectivity index (χ4v) is 3.42. The van der Waals surface area contributed by atoms with E-state index in [1.165, 1.54) is 11.8 Å². The maximum Gasteiger partial charge on any atom is 0.169 e. The Morgan fingerprint density at radius 3 is 2.41 bits per heavy atom. The number of hydrogen-bond donors (Lipinski definition) is 0. The highest BCUT2D eigenvalue weighted by atomic mass is 32.2. The number of benzene rings is 2. The molecule has 0 bridgehead atoms. The Bertz CT molecular complexity index is 893. The minimum absolute atomic E-state index is 0.219. The number of carbonyl (C=O) groups excluding carboxylic acids is 1. The molecule has 2 aromatic carbocycles. The third-order valence-electron chi connectivity index (χ3n) is 3.79. The van der Waals surface area contributed by atoms with Crippen molar-refractivity contribution in [2.75, 3.05) is 19.0 Å². The molecule has 0 N–H and O–H groups in total. The average Bonchev–Trinajstić information content (AvgIpc) is 3.01. The summed E-state index contributed by atoms with van der Waals surface area (Å²) in [6.07, 6.45) is 0.970. The highest BCUT2D eigenvalue weighted by molar-refractivity contribution is 7.99. The van der Waals surface area contributed by atoms with E-state index in [0.717, 1.165) is 29.0 Å². The van der Waals surface area contributed by atoms with Gasteiger partial charge in [0.15, 0.2) is 5.16 Å². The van der Waals surface area contributed by atoms with Gasteiger partial charge in [-0.3, -0.25) is 0 Å². The van der Waals surface area contributed by atoms with Crippen molar-refractivity contribution in [1.29, 1.82) is 0 Å². The average molecular weight is 385 g/mol. The lowest BCUT2D eigenvalue weighted by Crippen LogP contribution is -2.27. The Balaban J connectivity index is 1.56. The van der Waals surface area contributed by atoms with Crippen molar-refractivity contribution in [3.8, 4) is 11.5 Å². The van der Waals surface area contributed by atoms with Crippen LogP contribution in [0, 0.1) is 0 Å². The molecule has 7 heteroatoms. The maximum atomic E-state index is 11.1. The first-order chi connectivity index (χ1) is 13.2. The summed E-state index contributed by atoms with van der Waals surface area (Å²) in [5, 5.41) is 11.7. The van der Waals surface area contributed by atoms with Crippen molar-refractivity contribution >= 4 is 28.8 Å². The standard InChI is InChI=1S/C20H22N2O4S/c1-2-11-25-15-7-9-16(10-8-15)26-12-13-27-20-21-17-5-3-4-6-18(17)22(20)14-19(23)24/h3-10H,2,11-14H2,1H3,(H,23,24)/p-1. The highest BCUT2D eigenvalue weighted by Crippen LogP contribution is 2.24. The number of nitrogens with zero attached hydrogens (tertiary/aromatic N) is 2. The van der Waals surface area contributed by atoms with Crippen LogP contribution < -0.4 is 14.6 Å². The minimum atomic E-state index is -1.14. The topological polar surface area (TPSA) is 76.4 Å². The SMILES string of the molecule is CCCOc1ccc(OCCSc2nc3ccccc3n2CC(=O)[O-])cc1. The third-order valence-corrected chi connectivity index (χ3v) is 4.73. The molecule has 0 fully saturated rings. The first-order valence-electron chi connectivity index (χ1n) is 8.81. The number of thioether (sulfide) groups is 1. The van der Waals surface area contributed by atoms with Crippen LogP contribution >= 0.6 is 11.8 Å². The van der Waals surface area contributed by atoms with E-state index in [0.29, 0.717) is 24.1 Å². The summed E-state index contributed by atoms with van der Waals surface area (Å²) in [5.74, 6) is 1.10. The van der Waals surface area contributed by atoms with E-state index in [-0.39, 0.29) is 6.54 Å². The Morgan fingerprint density at radius 1 is 1.07 bits per heavy atom. The molecule has 3 rings (SSSR count). The summed E-state index contributed by atoms with van der Waals surface area (Å²) in [6, 6.07) is 15.0. The van der Waals surface area contributed by atoms with Gasteiger partial charge in [-0.25, -0.2) is 4.98 Å². The van der Waals surface area contributed by atoms with Gasteiger partial charge in [-0.2, -0.15) is 0 Å². The molecular formula is C20H21N2O4S-. The number of carboxylic acid groups (broad SMARTS) is 1. The first-order valence-corrected chi connectivity index (χ1v) is 9.79. The highest BCUT2D eigenvalue weighted by Gasteiger charge is 2.11. The zero-order valence-electron chi connectivity index (χ0n) is 15.1. The van der Waals surface area contributed by atoms with Crippen LogP contribution in [0.3, 0.4) is 0 Å². The lowest BCUT2D eigenvalue weighted by molar-refractivity contribution is -0.306. The molecule has 0 aliphatic heterocycles. The Morgan fingerprint density at radius 2 is 1.74 bits per heavy atom. The molecule has 0 unspecified atom stereocenters. The molecule has 0 spiro atoms. The van der Waals surface area contributed by atoms with Crippen LogP contribution in [0.2, 0.25) is 0 Å². The van der Waals surface area contributed by atoms with E-state index in [9.17, 15) is 9.90 Å². The second-order valence-corrected chi connectivity index (χ2v) is 6.92. The first kappa shape index (κ1) is 19.1. The largest absolute Gasteiger partial charge is 0.548 e. The Labute approximate surface area is 162 Å². The smallest absolute Gasteiger partial charge is 0.169 e. The number of ether oxygens (including phenoxy) is 2. The maximum absolute atomic E-state index is 11.1. The molecule has 0 aliphatic rings. The van der Waals surface area contributed by atoms with E-state index < -0.39 is 5.97 Å². The number of rotatable bonds is 10. The molecule has 0 amide bonds. The summed E-state index contributed by atoms with van der Waals surface area (Å²) in [6.45, 7) is 3.03.